The average molecular weight is 359 g/mol. The largest absolute Gasteiger partial charge is 0.356 e. The van der Waals surface area contributed by atoms with Crippen LogP contribution in [0.2, 0.25) is 0 Å². The molecule has 4 rings (SSSR count). The minimum Gasteiger partial charge on any atom is -0.356 e. The van der Waals surface area contributed by atoms with E-state index in [0.29, 0.717) is 18.7 Å². The van der Waals surface area contributed by atoms with Crippen LogP contribution in [0.3, 0.4) is 0 Å². The third-order valence-electron chi connectivity index (χ3n) is 4.73. The van der Waals surface area contributed by atoms with Gasteiger partial charge in [-0.25, -0.2) is 4.68 Å². The fourth-order valence-corrected chi connectivity index (χ4v) is 3.43. The van der Waals surface area contributed by atoms with Gasteiger partial charge in [-0.3, -0.25) is 4.90 Å². The highest BCUT2D eigenvalue weighted by molar-refractivity contribution is 5.37. The van der Waals surface area contributed by atoms with E-state index in [0.717, 1.165) is 24.3 Å². The number of hydrogen-bond donors (Lipinski definition) is 0. The number of aromatic nitrogens is 3. The third-order valence-corrected chi connectivity index (χ3v) is 4.73. The Hall–Kier alpha value is -3.01. The molecule has 0 saturated carbocycles. The lowest BCUT2D eigenvalue weighted by Gasteiger charge is -2.21. The molecular weight excluding hydrogens is 338 g/mol. The van der Waals surface area contributed by atoms with Gasteiger partial charge in [0.25, 0.3) is 0 Å². The maximum absolute atomic E-state index is 9.25. The first-order valence-electron chi connectivity index (χ1n) is 9.02. The van der Waals surface area contributed by atoms with Crippen molar-refractivity contribution in [3.05, 3.63) is 82.7 Å². The lowest BCUT2D eigenvalue weighted by Crippen LogP contribution is -2.23. The van der Waals surface area contributed by atoms with Gasteiger partial charge in [-0.2, -0.15) is 5.26 Å². The van der Waals surface area contributed by atoms with Crippen molar-refractivity contribution in [1.29, 1.82) is 5.26 Å². The number of aryl methyl sites for hydroxylation is 1. The quantitative estimate of drug-likeness (QED) is 0.700. The van der Waals surface area contributed by atoms with Gasteiger partial charge in [0.05, 0.1) is 31.0 Å². The lowest BCUT2D eigenvalue weighted by molar-refractivity contribution is 0.0252. The summed E-state index contributed by atoms with van der Waals surface area (Å²) in [5, 5.41) is 17.8. The van der Waals surface area contributed by atoms with E-state index < -0.39 is 0 Å². The molecule has 3 aromatic rings. The second kappa shape index (κ2) is 7.70. The molecule has 1 saturated heterocycles. The first-order chi connectivity index (χ1) is 13.2. The normalized spacial score (nSPS) is 17.1. The number of ether oxygens (including phenoxy) is 1. The fraction of sp³-hybridized carbons (Fsp3) is 0.286. The molecule has 136 valence electrons. The van der Waals surface area contributed by atoms with E-state index >= 15 is 0 Å². The summed E-state index contributed by atoms with van der Waals surface area (Å²) in [5.74, 6) is 0. The average Bonchev–Trinajstić information content (AvgIpc) is 3.31. The fourth-order valence-electron chi connectivity index (χ4n) is 3.43. The topological polar surface area (TPSA) is 67.0 Å². The molecule has 0 N–H and O–H groups in total. The van der Waals surface area contributed by atoms with E-state index in [1.165, 1.54) is 11.1 Å². The molecular formula is C21H21N5O. The van der Waals surface area contributed by atoms with Crippen LogP contribution in [-0.4, -0.2) is 33.0 Å². The summed E-state index contributed by atoms with van der Waals surface area (Å²) in [6.07, 6.45) is 1.72. The molecule has 0 aliphatic carbocycles. The lowest BCUT2D eigenvalue weighted by atomic mass is 10.1. The van der Waals surface area contributed by atoms with Gasteiger partial charge in [0.1, 0.15) is 5.69 Å². The molecule has 0 spiro atoms. The van der Waals surface area contributed by atoms with Gasteiger partial charge in [-0.05, 0) is 24.1 Å². The van der Waals surface area contributed by atoms with Crippen LogP contribution >= 0.6 is 0 Å². The molecule has 1 aromatic heterocycles. The monoisotopic (exact) mass is 359 g/mol. The Kier molecular flexibility index (Phi) is 4.97. The van der Waals surface area contributed by atoms with Gasteiger partial charge < -0.3 is 4.74 Å². The summed E-state index contributed by atoms with van der Waals surface area (Å²) in [4.78, 5) is 2.27. The number of nitrogens with zero attached hydrogens (tertiary/aromatic N) is 5. The second-order valence-electron chi connectivity index (χ2n) is 6.79. The van der Waals surface area contributed by atoms with Crippen molar-refractivity contribution in [2.75, 3.05) is 13.2 Å². The van der Waals surface area contributed by atoms with Crippen LogP contribution in [0.4, 0.5) is 0 Å². The van der Waals surface area contributed by atoms with Crippen LogP contribution in [0, 0.1) is 18.3 Å². The second-order valence-corrected chi connectivity index (χ2v) is 6.79. The highest BCUT2D eigenvalue weighted by Gasteiger charge is 2.29. The zero-order chi connectivity index (χ0) is 18.6. The highest BCUT2D eigenvalue weighted by atomic mass is 16.5. The standard InChI is InChI=1S/C21H21N5O/c1-16-5-4-6-17(11-16)13-25-9-10-27-21(25)20-15-26(24-23-20)14-19-8-3-2-7-18(19)12-22/h2-8,11,15,21H,9-10,13-14H2,1H3. The van der Waals surface area contributed by atoms with Crippen molar-refractivity contribution in [2.24, 2.45) is 0 Å². The van der Waals surface area contributed by atoms with Gasteiger partial charge in [0.15, 0.2) is 6.23 Å². The molecule has 2 aromatic carbocycles. The molecule has 1 atom stereocenters. The van der Waals surface area contributed by atoms with Gasteiger partial charge in [0, 0.05) is 13.1 Å². The van der Waals surface area contributed by atoms with E-state index in [-0.39, 0.29) is 6.23 Å². The maximum Gasteiger partial charge on any atom is 0.157 e. The van der Waals surface area contributed by atoms with Crippen LogP contribution in [-0.2, 0) is 17.8 Å². The number of rotatable bonds is 5. The molecule has 0 amide bonds. The van der Waals surface area contributed by atoms with E-state index in [4.69, 9.17) is 4.74 Å². The number of hydrogen-bond acceptors (Lipinski definition) is 5. The highest BCUT2D eigenvalue weighted by Crippen LogP contribution is 2.27. The molecule has 1 aliphatic heterocycles. The van der Waals surface area contributed by atoms with Crippen LogP contribution in [0.5, 0.6) is 0 Å². The summed E-state index contributed by atoms with van der Waals surface area (Å²) in [7, 11) is 0. The summed E-state index contributed by atoms with van der Waals surface area (Å²) < 4.78 is 7.68. The molecule has 6 nitrogen and oxygen atoms in total. The van der Waals surface area contributed by atoms with Crippen LogP contribution in [0.15, 0.2) is 54.7 Å². The Morgan fingerprint density at radius 3 is 2.93 bits per heavy atom. The van der Waals surface area contributed by atoms with Crippen LogP contribution in [0.1, 0.15) is 34.2 Å². The van der Waals surface area contributed by atoms with Gasteiger partial charge in [-0.1, -0.05) is 53.2 Å². The van der Waals surface area contributed by atoms with E-state index in [1.54, 1.807) is 4.68 Å². The van der Waals surface area contributed by atoms with Gasteiger partial charge in [-0.15, -0.1) is 5.10 Å². The van der Waals surface area contributed by atoms with Gasteiger partial charge in [0.2, 0.25) is 0 Å². The Labute approximate surface area is 158 Å². The smallest absolute Gasteiger partial charge is 0.157 e. The Morgan fingerprint density at radius 2 is 2.07 bits per heavy atom. The maximum atomic E-state index is 9.25. The number of nitriles is 1. The summed E-state index contributed by atoms with van der Waals surface area (Å²) in [5.41, 5.74) is 4.91. The predicted octanol–water partition coefficient (Wildman–Crippen LogP) is 3.04. The molecule has 2 heterocycles. The van der Waals surface area contributed by atoms with Crippen molar-refractivity contribution in [3.63, 3.8) is 0 Å². The van der Waals surface area contributed by atoms with Crippen LogP contribution < -0.4 is 0 Å². The first kappa shape index (κ1) is 17.4. The van der Waals surface area contributed by atoms with E-state index in [2.05, 4.69) is 52.5 Å². The van der Waals surface area contributed by atoms with Crippen molar-refractivity contribution in [2.45, 2.75) is 26.2 Å². The Bertz CT molecular complexity index is 974. The minimum absolute atomic E-state index is 0.189. The minimum atomic E-state index is -0.189. The van der Waals surface area contributed by atoms with Crippen molar-refractivity contribution >= 4 is 0 Å². The molecule has 1 unspecified atom stereocenters. The number of benzene rings is 2. The third kappa shape index (κ3) is 3.90. The van der Waals surface area contributed by atoms with Crippen molar-refractivity contribution < 1.29 is 4.74 Å². The molecule has 27 heavy (non-hydrogen) atoms. The SMILES string of the molecule is Cc1cccc(CN2CCOC2c2cn(Cc3ccccc3C#N)nn2)c1. The molecule has 1 fully saturated rings. The zero-order valence-corrected chi connectivity index (χ0v) is 15.2. The molecule has 1 aliphatic rings. The van der Waals surface area contributed by atoms with E-state index in [1.807, 2.05) is 30.5 Å². The zero-order valence-electron chi connectivity index (χ0n) is 15.2. The van der Waals surface area contributed by atoms with Crippen LogP contribution in [0.25, 0.3) is 0 Å². The van der Waals surface area contributed by atoms with E-state index in [9.17, 15) is 5.26 Å². The summed E-state index contributed by atoms with van der Waals surface area (Å²) in [6, 6.07) is 18.3. The Morgan fingerprint density at radius 1 is 1.19 bits per heavy atom. The predicted molar refractivity (Wildman–Crippen MR) is 101 cm³/mol. The molecule has 0 radical (unpaired) electrons. The summed E-state index contributed by atoms with van der Waals surface area (Å²) in [6.45, 7) is 4.98. The van der Waals surface area contributed by atoms with Crippen molar-refractivity contribution in [1.82, 2.24) is 19.9 Å². The molecule has 6 heteroatoms. The molecule has 0 bridgehead atoms. The van der Waals surface area contributed by atoms with Gasteiger partial charge >= 0.3 is 0 Å². The Balaban J connectivity index is 1.49. The summed E-state index contributed by atoms with van der Waals surface area (Å²) >= 11 is 0. The first-order valence-corrected chi connectivity index (χ1v) is 9.02. The van der Waals surface area contributed by atoms with Crippen molar-refractivity contribution in [3.8, 4) is 6.07 Å².